The van der Waals surface area contributed by atoms with Crippen LogP contribution < -0.4 is 10.6 Å². The van der Waals surface area contributed by atoms with Crippen LogP contribution in [0.3, 0.4) is 0 Å². The molecule has 1 aliphatic carbocycles. The molecule has 0 aliphatic heterocycles. The fourth-order valence-electron chi connectivity index (χ4n) is 2.57. The molecule has 7 heteroatoms. The summed E-state index contributed by atoms with van der Waals surface area (Å²) in [6, 6.07) is 8.70. The molecule has 130 valence electrons. The SMILES string of the molecule is O=C(Nc1cnccc1-n1ccnc1)c1ccc(C(=O)NC2CC2)cc1. The Morgan fingerprint density at radius 2 is 1.69 bits per heavy atom. The second kappa shape index (κ2) is 6.79. The van der Waals surface area contributed by atoms with Crippen molar-refractivity contribution in [3.63, 3.8) is 0 Å². The Bertz CT molecular complexity index is 931. The van der Waals surface area contributed by atoms with Gasteiger partial charge in [0.2, 0.25) is 0 Å². The highest BCUT2D eigenvalue weighted by atomic mass is 16.2. The fraction of sp³-hybridized carbons (Fsp3) is 0.158. The van der Waals surface area contributed by atoms with Crippen molar-refractivity contribution in [2.24, 2.45) is 0 Å². The van der Waals surface area contributed by atoms with E-state index in [0.717, 1.165) is 18.5 Å². The van der Waals surface area contributed by atoms with Crippen LogP contribution in [0.5, 0.6) is 0 Å². The molecule has 3 aromatic rings. The van der Waals surface area contributed by atoms with Crippen LogP contribution in [0.1, 0.15) is 33.6 Å². The molecule has 2 N–H and O–H groups in total. The number of pyridine rings is 1. The maximum atomic E-state index is 12.5. The second-order valence-electron chi connectivity index (χ2n) is 6.14. The van der Waals surface area contributed by atoms with Gasteiger partial charge in [-0.05, 0) is 43.2 Å². The van der Waals surface area contributed by atoms with Gasteiger partial charge in [0.05, 0.1) is 23.9 Å². The van der Waals surface area contributed by atoms with E-state index in [0.29, 0.717) is 22.9 Å². The number of rotatable bonds is 5. The summed E-state index contributed by atoms with van der Waals surface area (Å²) in [5, 5.41) is 5.78. The molecule has 0 radical (unpaired) electrons. The summed E-state index contributed by atoms with van der Waals surface area (Å²) in [6.07, 6.45) is 10.4. The summed E-state index contributed by atoms with van der Waals surface area (Å²) in [6.45, 7) is 0. The molecule has 26 heavy (non-hydrogen) atoms. The Labute approximate surface area is 150 Å². The zero-order valence-corrected chi connectivity index (χ0v) is 13.9. The van der Waals surface area contributed by atoms with Crippen LogP contribution in [0, 0.1) is 0 Å². The third kappa shape index (κ3) is 3.46. The lowest BCUT2D eigenvalue weighted by atomic mass is 10.1. The van der Waals surface area contributed by atoms with Gasteiger partial charge in [-0.2, -0.15) is 0 Å². The third-order valence-electron chi connectivity index (χ3n) is 4.15. The molecular formula is C19H17N5O2. The van der Waals surface area contributed by atoms with Gasteiger partial charge in [-0.3, -0.25) is 14.6 Å². The van der Waals surface area contributed by atoms with Crippen LogP contribution in [-0.4, -0.2) is 32.4 Å². The number of carbonyl (C=O) groups is 2. The number of hydrogen-bond donors (Lipinski definition) is 2. The third-order valence-corrected chi connectivity index (χ3v) is 4.15. The Hall–Kier alpha value is -3.48. The number of carbonyl (C=O) groups excluding carboxylic acids is 2. The predicted molar refractivity (Wildman–Crippen MR) is 96.2 cm³/mol. The lowest BCUT2D eigenvalue weighted by molar-refractivity contribution is 0.0949. The van der Waals surface area contributed by atoms with Gasteiger partial charge >= 0.3 is 0 Å². The smallest absolute Gasteiger partial charge is 0.255 e. The summed E-state index contributed by atoms with van der Waals surface area (Å²) in [4.78, 5) is 32.6. The lowest BCUT2D eigenvalue weighted by Gasteiger charge is -2.11. The number of hydrogen-bond acceptors (Lipinski definition) is 4. The highest BCUT2D eigenvalue weighted by Gasteiger charge is 2.23. The van der Waals surface area contributed by atoms with Crippen molar-refractivity contribution in [1.29, 1.82) is 0 Å². The van der Waals surface area contributed by atoms with E-state index < -0.39 is 0 Å². The molecule has 0 bridgehead atoms. The number of aromatic nitrogens is 3. The van der Waals surface area contributed by atoms with Crippen LogP contribution in [0.15, 0.2) is 61.4 Å². The molecule has 2 heterocycles. The number of nitrogens with one attached hydrogen (secondary N) is 2. The molecule has 4 rings (SSSR count). The normalized spacial score (nSPS) is 13.2. The van der Waals surface area contributed by atoms with Gasteiger partial charge in [0.15, 0.2) is 0 Å². The number of anilines is 1. The van der Waals surface area contributed by atoms with Crippen molar-refractivity contribution in [1.82, 2.24) is 19.9 Å². The maximum absolute atomic E-state index is 12.5. The van der Waals surface area contributed by atoms with Gasteiger partial charge in [-0.25, -0.2) is 4.98 Å². The van der Waals surface area contributed by atoms with Crippen molar-refractivity contribution >= 4 is 17.5 Å². The Morgan fingerprint density at radius 3 is 2.35 bits per heavy atom. The monoisotopic (exact) mass is 347 g/mol. The molecule has 1 aliphatic rings. The number of amides is 2. The molecule has 0 atom stereocenters. The Balaban J connectivity index is 1.49. The average molecular weight is 347 g/mol. The highest BCUT2D eigenvalue weighted by molar-refractivity contribution is 6.06. The van der Waals surface area contributed by atoms with Crippen molar-refractivity contribution in [2.45, 2.75) is 18.9 Å². The van der Waals surface area contributed by atoms with E-state index in [1.54, 1.807) is 66.0 Å². The molecule has 1 fully saturated rings. The molecule has 7 nitrogen and oxygen atoms in total. The van der Waals surface area contributed by atoms with Gasteiger partial charge in [0.25, 0.3) is 11.8 Å². The van der Waals surface area contributed by atoms with E-state index in [2.05, 4.69) is 20.6 Å². The van der Waals surface area contributed by atoms with Crippen LogP contribution in [-0.2, 0) is 0 Å². The fourth-order valence-corrected chi connectivity index (χ4v) is 2.57. The van der Waals surface area contributed by atoms with Crippen LogP contribution >= 0.6 is 0 Å². The van der Waals surface area contributed by atoms with Gasteiger partial charge in [0.1, 0.15) is 0 Å². The van der Waals surface area contributed by atoms with Gasteiger partial charge in [-0.1, -0.05) is 0 Å². The molecule has 0 unspecified atom stereocenters. The summed E-state index contributed by atoms with van der Waals surface area (Å²) in [5.74, 6) is -0.373. The summed E-state index contributed by atoms with van der Waals surface area (Å²) in [7, 11) is 0. The first-order chi connectivity index (χ1) is 12.7. The molecule has 2 amide bonds. The largest absolute Gasteiger partial charge is 0.349 e. The molecule has 1 aromatic carbocycles. The van der Waals surface area contributed by atoms with Crippen molar-refractivity contribution in [3.05, 3.63) is 72.6 Å². The first kappa shape index (κ1) is 16.0. The summed E-state index contributed by atoms with van der Waals surface area (Å²) >= 11 is 0. The second-order valence-corrected chi connectivity index (χ2v) is 6.14. The molecule has 0 saturated heterocycles. The van der Waals surface area contributed by atoms with E-state index in [4.69, 9.17) is 0 Å². The van der Waals surface area contributed by atoms with Gasteiger partial charge < -0.3 is 15.2 Å². The Kier molecular flexibility index (Phi) is 4.18. The average Bonchev–Trinajstić information content (AvgIpc) is 3.31. The zero-order chi connectivity index (χ0) is 17.9. The van der Waals surface area contributed by atoms with Gasteiger partial charge in [0, 0.05) is 35.8 Å². The van der Waals surface area contributed by atoms with Crippen LogP contribution in [0.25, 0.3) is 5.69 Å². The first-order valence-corrected chi connectivity index (χ1v) is 8.35. The van der Waals surface area contributed by atoms with E-state index in [-0.39, 0.29) is 11.8 Å². The standard InChI is InChI=1S/C19H17N5O2/c25-18(22-15-5-6-15)13-1-3-14(4-2-13)19(26)23-16-11-20-8-7-17(16)24-10-9-21-12-24/h1-4,7-12,15H,5-6H2,(H,22,25)(H,23,26). The number of nitrogens with zero attached hydrogens (tertiary/aromatic N) is 3. The minimum Gasteiger partial charge on any atom is -0.349 e. The van der Waals surface area contributed by atoms with Crippen LogP contribution in [0.4, 0.5) is 5.69 Å². The van der Waals surface area contributed by atoms with E-state index in [1.165, 1.54) is 0 Å². The summed E-state index contributed by atoms with van der Waals surface area (Å²) < 4.78 is 1.79. The Morgan fingerprint density at radius 1 is 0.962 bits per heavy atom. The number of benzene rings is 1. The topological polar surface area (TPSA) is 88.9 Å². The first-order valence-electron chi connectivity index (χ1n) is 8.35. The maximum Gasteiger partial charge on any atom is 0.255 e. The van der Waals surface area contributed by atoms with E-state index in [9.17, 15) is 9.59 Å². The quantitative estimate of drug-likeness (QED) is 0.742. The van der Waals surface area contributed by atoms with Crippen molar-refractivity contribution in [3.8, 4) is 5.69 Å². The van der Waals surface area contributed by atoms with Crippen molar-refractivity contribution < 1.29 is 9.59 Å². The lowest BCUT2D eigenvalue weighted by Crippen LogP contribution is -2.25. The highest BCUT2D eigenvalue weighted by Crippen LogP contribution is 2.20. The van der Waals surface area contributed by atoms with Crippen LogP contribution in [0.2, 0.25) is 0 Å². The summed E-state index contributed by atoms with van der Waals surface area (Å²) in [5.41, 5.74) is 2.36. The van der Waals surface area contributed by atoms with Crippen molar-refractivity contribution in [2.75, 3.05) is 5.32 Å². The van der Waals surface area contributed by atoms with Gasteiger partial charge in [-0.15, -0.1) is 0 Å². The molecular weight excluding hydrogens is 330 g/mol. The molecule has 2 aromatic heterocycles. The number of imidazole rings is 1. The molecule has 0 spiro atoms. The minimum atomic E-state index is -0.270. The van der Waals surface area contributed by atoms with E-state index in [1.807, 2.05) is 0 Å². The zero-order valence-electron chi connectivity index (χ0n) is 13.9. The predicted octanol–water partition coefficient (Wildman–Crippen LogP) is 2.41. The molecule has 1 saturated carbocycles. The minimum absolute atomic E-state index is 0.103. The van der Waals surface area contributed by atoms with E-state index >= 15 is 0 Å².